The molecular formula is C12H20ClN. The van der Waals surface area contributed by atoms with Gasteiger partial charge in [0.2, 0.25) is 0 Å². The molecule has 0 radical (unpaired) electrons. The van der Waals surface area contributed by atoms with Crippen molar-refractivity contribution in [3.8, 4) is 0 Å². The van der Waals surface area contributed by atoms with E-state index in [1.807, 2.05) is 0 Å². The van der Waals surface area contributed by atoms with E-state index in [9.17, 15) is 0 Å². The second kappa shape index (κ2) is 9.04. The van der Waals surface area contributed by atoms with Crippen LogP contribution in [-0.4, -0.2) is 24.4 Å². The summed E-state index contributed by atoms with van der Waals surface area (Å²) in [5, 5.41) is 0. The van der Waals surface area contributed by atoms with Crippen molar-refractivity contribution in [2.45, 2.75) is 20.4 Å². The van der Waals surface area contributed by atoms with Crippen LogP contribution in [0.1, 0.15) is 19.4 Å². The molecule has 0 spiro atoms. The van der Waals surface area contributed by atoms with Crippen molar-refractivity contribution in [2.75, 3.05) is 19.5 Å². The van der Waals surface area contributed by atoms with Crippen molar-refractivity contribution in [1.82, 2.24) is 4.90 Å². The predicted octanol–water partition coefficient (Wildman–Crippen LogP) is 3.38. The van der Waals surface area contributed by atoms with E-state index < -0.39 is 0 Å². The summed E-state index contributed by atoms with van der Waals surface area (Å²) in [7, 11) is 0. The average Bonchev–Trinajstić information content (AvgIpc) is 2.30. The van der Waals surface area contributed by atoms with Gasteiger partial charge in [-0.15, -0.1) is 11.6 Å². The topological polar surface area (TPSA) is 3.24 Å². The van der Waals surface area contributed by atoms with E-state index in [2.05, 4.69) is 60.7 Å². The van der Waals surface area contributed by atoms with Crippen LogP contribution in [0.15, 0.2) is 30.3 Å². The van der Waals surface area contributed by atoms with E-state index in [1.54, 1.807) is 0 Å². The van der Waals surface area contributed by atoms with Crippen LogP contribution in [0.3, 0.4) is 0 Å². The van der Waals surface area contributed by atoms with Gasteiger partial charge in [-0.2, -0.15) is 0 Å². The molecule has 0 aliphatic rings. The molecule has 0 atom stereocenters. The minimum Gasteiger partial charge on any atom is -0.300 e. The Balaban J connectivity index is 0.000000791. The zero-order valence-corrected chi connectivity index (χ0v) is 10.1. The second-order valence-corrected chi connectivity index (χ2v) is 2.95. The van der Waals surface area contributed by atoms with Crippen LogP contribution in [0.25, 0.3) is 0 Å². The monoisotopic (exact) mass is 213 g/mol. The maximum absolute atomic E-state index is 4.64. The van der Waals surface area contributed by atoms with Crippen LogP contribution < -0.4 is 0 Å². The van der Waals surface area contributed by atoms with E-state index in [4.69, 9.17) is 0 Å². The summed E-state index contributed by atoms with van der Waals surface area (Å²) in [5.74, 6) is 0. The predicted molar refractivity (Wildman–Crippen MR) is 64.8 cm³/mol. The number of halogens is 1. The molecule has 0 aromatic heterocycles. The van der Waals surface area contributed by atoms with Crippen molar-refractivity contribution in [2.24, 2.45) is 0 Å². The number of alkyl halides is 1. The summed E-state index contributed by atoms with van der Waals surface area (Å²) in [4.78, 5) is 2.41. The van der Waals surface area contributed by atoms with Crippen LogP contribution >= 0.6 is 11.6 Å². The molecule has 0 aliphatic carbocycles. The first kappa shape index (κ1) is 13.5. The first-order chi connectivity index (χ1) is 6.86. The van der Waals surface area contributed by atoms with Gasteiger partial charge < -0.3 is 0 Å². The lowest BCUT2D eigenvalue weighted by Crippen LogP contribution is -2.21. The Morgan fingerprint density at radius 1 is 1.00 bits per heavy atom. The average molecular weight is 214 g/mol. The van der Waals surface area contributed by atoms with Gasteiger partial charge in [0, 0.05) is 12.9 Å². The second-order valence-electron chi connectivity index (χ2n) is 2.95. The van der Waals surface area contributed by atoms with Crippen molar-refractivity contribution < 1.29 is 0 Å². The number of nitrogens with zero attached hydrogens (tertiary/aromatic N) is 1. The fourth-order valence-electron chi connectivity index (χ4n) is 1.29. The zero-order valence-electron chi connectivity index (χ0n) is 9.33. The quantitative estimate of drug-likeness (QED) is 0.694. The number of hydrogen-bond acceptors (Lipinski definition) is 1. The smallest absolute Gasteiger partial charge is 0.0233 e. The molecule has 0 aliphatic heterocycles. The molecule has 80 valence electrons. The molecule has 0 saturated carbocycles. The maximum atomic E-state index is 4.64. The Bertz CT molecular complexity index is 207. The lowest BCUT2D eigenvalue weighted by molar-refractivity contribution is 0.296. The molecule has 1 aromatic carbocycles. The fourth-order valence-corrected chi connectivity index (χ4v) is 1.29. The van der Waals surface area contributed by atoms with Gasteiger partial charge in [0.1, 0.15) is 0 Å². The molecule has 0 fully saturated rings. The van der Waals surface area contributed by atoms with Crippen LogP contribution in [-0.2, 0) is 6.54 Å². The highest BCUT2D eigenvalue weighted by atomic mass is 35.5. The molecule has 0 unspecified atom stereocenters. The summed E-state index contributed by atoms with van der Waals surface area (Å²) < 4.78 is 0. The van der Waals surface area contributed by atoms with Gasteiger partial charge in [-0.3, -0.25) is 4.90 Å². The lowest BCUT2D eigenvalue weighted by atomic mass is 10.2. The Labute approximate surface area is 92.7 Å². The van der Waals surface area contributed by atoms with Crippen LogP contribution in [0, 0.1) is 0 Å². The summed E-state index contributed by atoms with van der Waals surface area (Å²) >= 11 is 4.64. The molecule has 0 saturated heterocycles. The van der Waals surface area contributed by atoms with Gasteiger partial charge in [0.15, 0.2) is 0 Å². The highest BCUT2D eigenvalue weighted by Crippen LogP contribution is 2.02. The molecule has 2 heteroatoms. The molecule has 0 amide bonds. The molecule has 0 bridgehead atoms. The van der Waals surface area contributed by atoms with Gasteiger partial charge in [0.25, 0.3) is 0 Å². The van der Waals surface area contributed by atoms with Gasteiger partial charge in [-0.05, 0) is 18.7 Å². The first-order valence-corrected chi connectivity index (χ1v) is 5.76. The summed E-state index contributed by atoms with van der Waals surface area (Å²) in [6.45, 7) is 7.74. The minimum atomic E-state index is 1.08. The van der Waals surface area contributed by atoms with Crippen molar-refractivity contribution >= 4 is 11.6 Å². The minimum absolute atomic E-state index is 1.08. The molecule has 0 heterocycles. The Hall–Kier alpha value is -0.530. The Morgan fingerprint density at radius 2 is 1.50 bits per heavy atom. The largest absolute Gasteiger partial charge is 0.300 e. The van der Waals surface area contributed by atoms with Gasteiger partial charge >= 0.3 is 0 Å². The van der Waals surface area contributed by atoms with Crippen molar-refractivity contribution in [1.29, 1.82) is 0 Å². The standard InChI is InChI=1S/C11H17N.CH3Cl/c1-3-12(4-2)10-11-8-6-5-7-9-11;1-2/h5-9H,3-4,10H2,1-2H3;1H3. The van der Waals surface area contributed by atoms with E-state index in [-0.39, 0.29) is 0 Å². The van der Waals surface area contributed by atoms with Crippen molar-refractivity contribution in [3.05, 3.63) is 35.9 Å². The zero-order chi connectivity index (χ0) is 10.8. The van der Waals surface area contributed by atoms with Crippen molar-refractivity contribution in [3.63, 3.8) is 0 Å². The normalized spacial score (nSPS) is 9.50. The van der Waals surface area contributed by atoms with E-state index in [1.165, 1.54) is 11.9 Å². The third-order valence-electron chi connectivity index (χ3n) is 2.14. The van der Waals surface area contributed by atoms with E-state index in [0.29, 0.717) is 0 Å². The molecular weight excluding hydrogens is 194 g/mol. The lowest BCUT2D eigenvalue weighted by Gasteiger charge is -2.17. The SMILES string of the molecule is CCN(CC)Cc1ccccc1.CCl. The molecule has 14 heavy (non-hydrogen) atoms. The fraction of sp³-hybridized carbons (Fsp3) is 0.500. The summed E-state index contributed by atoms with van der Waals surface area (Å²) in [5.41, 5.74) is 1.40. The highest BCUT2D eigenvalue weighted by molar-refractivity contribution is 6.15. The third-order valence-corrected chi connectivity index (χ3v) is 2.14. The van der Waals surface area contributed by atoms with Gasteiger partial charge in [-0.1, -0.05) is 44.2 Å². The van der Waals surface area contributed by atoms with E-state index in [0.717, 1.165) is 19.6 Å². The molecule has 1 aromatic rings. The molecule has 1 nitrogen and oxygen atoms in total. The van der Waals surface area contributed by atoms with Gasteiger partial charge in [-0.25, -0.2) is 0 Å². The van der Waals surface area contributed by atoms with Crippen LogP contribution in [0.4, 0.5) is 0 Å². The number of rotatable bonds is 4. The summed E-state index contributed by atoms with van der Waals surface area (Å²) in [6, 6.07) is 10.6. The first-order valence-electron chi connectivity index (χ1n) is 5.01. The maximum Gasteiger partial charge on any atom is 0.0233 e. The van der Waals surface area contributed by atoms with Crippen LogP contribution in [0.5, 0.6) is 0 Å². The van der Waals surface area contributed by atoms with Crippen LogP contribution in [0.2, 0.25) is 0 Å². The summed E-state index contributed by atoms with van der Waals surface area (Å²) in [6.07, 6.45) is 1.47. The molecule has 1 rings (SSSR count). The molecule has 0 N–H and O–H groups in total. The van der Waals surface area contributed by atoms with E-state index >= 15 is 0 Å². The highest BCUT2D eigenvalue weighted by Gasteiger charge is 1.98. The van der Waals surface area contributed by atoms with Gasteiger partial charge in [0.05, 0.1) is 0 Å². The number of hydrogen-bond donors (Lipinski definition) is 0. The Kier molecular flexibility index (Phi) is 8.70. The Morgan fingerprint density at radius 3 is 1.93 bits per heavy atom. The number of benzene rings is 1. The third kappa shape index (κ3) is 5.25.